The van der Waals surface area contributed by atoms with Crippen molar-refractivity contribution in [2.75, 3.05) is 6.61 Å². The molecule has 3 rings (SSSR count). The van der Waals surface area contributed by atoms with E-state index in [0.717, 1.165) is 46.4 Å². The molecule has 1 aromatic carbocycles. The van der Waals surface area contributed by atoms with E-state index in [9.17, 15) is 4.79 Å². The molecular weight excluding hydrogens is 316 g/mol. The summed E-state index contributed by atoms with van der Waals surface area (Å²) in [7, 11) is 0. The van der Waals surface area contributed by atoms with E-state index in [1.807, 2.05) is 53.9 Å². The number of aryl methyl sites for hydroxylation is 1. The molecule has 0 radical (unpaired) electrons. The van der Waals surface area contributed by atoms with Gasteiger partial charge < -0.3 is 9.84 Å². The molecule has 0 spiro atoms. The summed E-state index contributed by atoms with van der Waals surface area (Å²) in [5.74, 6) is -0.176. The van der Waals surface area contributed by atoms with E-state index >= 15 is 0 Å². The van der Waals surface area contributed by atoms with Gasteiger partial charge in [-0.25, -0.2) is 9.78 Å². The first-order valence-electron chi connectivity index (χ1n) is 8.22. The highest BCUT2D eigenvalue weighted by atomic mass is 16.5. The Morgan fingerprint density at radius 3 is 2.72 bits per heavy atom. The number of aromatic nitrogens is 2. The Labute approximate surface area is 146 Å². The summed E-state index contributed by atoms with van der Waals surface area (Å²) in [5.41, 5.74) is 4.24. The summed E-state index contributed by atoms with van der Waals surface area (Å²) in [4.78, 5) is 15.7. The first kappa shape index (κ1) is 16.8. The van der Waals surface area contributed by atoms with Gasteiger partial charge in [0.05, 0.1) is 18.0 Å². The van der Waals surface area contributed by atoms with E-state index < -0.39 is 5.97 Å². The topological polar surface area (TPSA) is 63.8 Å². The fraction of sp³-hybridized carbons (Fsp3) is 0.200. The summed E-state index contributed by atoms with van der Waals surface area (Å²) in [6.07, 6.45) is 5.56. The molecule has 0 unspecified atom stereocenters. The summed E-state index contributed by atoms with van der Waals surface area (Å²) in [6, 6.07) is 11.6. The molecule has 0 aliphatic carbocycles. The number of benzene rings is 1. The van der Waals surface area contributed by atoms with Crippen molar-refractivity contribution in [3.63, 3.8) is 0 Å². The molecule has 0 aliphatic rings. The van der Waals surface area contributed by atoms with E-state index in [1.165, 1.54) is 0 Å². The molecule has 25 heavy (non-hydrogen) atoms. The molecule has 5 nitrogen and oxygen atoms in total. The van der Waals surface area contributed by atoms with E-state index in [0.29, 0.717) is 6.61 Å². The zero-order valence-corrected chi connectivity index (χ0v) is 14.3. The molecule has 128 valence electrons. The monoisotopic (exact) mass is 336 g/mol. The van der Waals surface area contributed by atoms with Crippen LogP contribution in [-0.2, 0) is 4.79 Å². The maximum atomic E-state index is 11.0. The van der Waals surface area contributed by atoms with Crippen LogP contribution in [0.25, 0.3) is 23.0 Å². The number of ether oxygens (including phenoxy) is 1. The number of carbonyl (C=O) groups is 1. The molecule has 0 fully saturated rings. The predicted octanol–water partition coefficient (Wildman–Crippen LogP) is 4.20. The maximum absolute atomic E-state index is 11.0. The third kappa shape index (κ3) is 3.55. The molecule has 5 heteroatoms. The molecule has 3 aromatic rings. The van der Waals surface area contributed by atoms with Crippen LogP contribution in [0.3, 0.4) is 0 Å². The largest absolute Gasteiger partial charge is 0.494 e. The van der Waals surface area contributed by atoms with Gasteiger partial charge in [-0.3, -0.25) is 4.40 Å². The number of pyridine rings is 1. The zero-order chi connectivity index (χ0) is 17.8. The fourth-order valence-electron chi connectivity index (χ4n) is 2.67. The summed E-state index contributed by atoms with van der Waals surface area (Å²) in [5, 5.41) is 8.99. The van der Waals surface area contributed by atoms with Crippen LogP contribution in [0.15, 0.2) is 48.7 Å². The Morgan fingerprint density at radius 2 is 2.04 bits per heavy atom. The van der Waals surface area contributed by atoms with Gasteiger partial charge in [0, 0.05) is 17.8 Å². The first-order chi connectivity index (χ1) is 12.1. The Morgan fingerprint density at radius 1 is 1.28 bits per heavy atom. The molecule has 2 aromatic heterocycles. The maximum Gasteiger partial charge on any atom is 0.328 e. The van der Waals surface area contributed by atoms with Gasteiger partial charge in [-0.05, 0) is 55.3 Å². The molecule has 0 bridgehead atoms. The van der Waals surface area contributed by atoms with Crippen LogP contribution in [0.2, 0.25) is 0 Å². The lowest BCUT2D eigenvalue weighted by atomic mass is 10.1. The third-order valence-corrected chi connectivity index (χ3v) is 3.87. The molecule has 0 atom stereocenters. The van der Waals surface area contributed by atoms with Crippen LogP contribution in [0, 0.1) is 6.92 Å². The molecule has 0 amide bonds. The van der Waals surface area contributed by atoms with Crippen molar-refractivity contribution in [3.05, 3.63) is 59.9 Å². The minimum atomic E-state index is -0.989. The standard InChI is InChI=1S/C20H20N2O3/c1-3-13-25-16-8-6-15(7-9-16)19-17(10-11-18(23)24)22-12-4-5-14(2)20(22)21-19/h4-12H,3,13H2,1-2H3,(H,23,24)/b11-10+. The van der Waals surface area contributed by atoms with Gasteiger partial charge in [-0.2, -0.15) is 0 Å². The number of aliphatic carboxylic acids is 1. The number of carboxylic acids is 1. The van der Waals surface area contributed by atoms with Gasteiger partial charge in [0.15, 0.2) is 0 Å². The lowest BCUT2D eigenvalue weighted by Gasteiger charge is -2.05. The van der Waals surface area contributed by atoms with Crippen LogP contribution in [0.4, 0.5) is 0 Å². The average Bonchev–Trinajstić information content (AvgIpc) is 2.98. The number of hydrogen-bond acceptors (Lipinski definition) is 3. The number of carboxylic acid groups (broad SMARTS) is 1. The van der Waals surface area contributed by atoms with Gasteiger partial charge in [-0.15, -0.1) is 0 Å². The summed E-state index contributed by atoms with van der Waals surface area (Å²) in [6.45, 7) is 4.73. The quantitative estimate of drug-likeness (QED) is 0.685. The second-order valence-electron chi connectivity index (χ2n) is 5.77. The second-order valence-corrected chi connectivity index (χ2v) is 5.77. The molecule has 0 aliphatic heterocycles. The summed E-state index contributed by atoms with van der Waals surface area (Å²) >= 11 is 0. The van der Waals surface area contributed by atoms with Gasteiger partial charge in [-0.1, -0.05) is 13.0 Å². The van der Waals surface area contributed by atoms with Crippen molar-refractivity contribution in [3.8, 4) is 17.0 Å². The SMILES string of the molecule is CCCOc1ccc(-c2nc3c(C)cccn3c2/C=C/C(=O)O)cc1. The Bertz CT molecular complexity index is 924. The molecule has 1 N–H and O–H groups in total. The number of rotatable bonds is 6. The minimum absolute atomic E-state index is 0.680. The third-order valence-electron chi connectivity index (χ3n) is 3.87. The number of nitrogens with zero attached hydrogens (tertiary/aromatic N) is 2. The first-order valence-corrected chi connectivity index (χ1v) is 8.22. The molecule has 2 heterocycles. The van der Waals surface area contributed by atoms with Crippen LogP contribution in [-0.4, -0.2) is 27.1 Å². The van der Waals surface area contributed by atoms with Crippen molar-refractivity contribution in [1.29, 1.82) is 0 Å². The van der Waals surface area contributed by atoms with Crippen LogP contribution in [0.5, 0.6) is 5.75 Å². The smallest absolute Gasteiger partial charge is 0.328 e. The predicted molar refractivity (Wildman–Crippen MR) is 97.8 cm³/mol. The average molecular weight is 336 g/mol. The van der Waals surface area contributed by atoms with Crippen LogP contribution < -0.4 is 4.74 Å². The van der Waals surface area contributed by atoms with Gasteiger partial charge >= 0.3 is 5.97 Å². The van der Waals surface area contributed by atoms with Gasteiger partial charge in [0.25, 0.3) is 0 Å². The highest BCUT2D eigenvalue weighted by Crippen LogP contribution is 2.28. The number of fused-ring (bicyclic) bond motifs is 1. The van der Waals surface area contributed by atoms with Gasteiger partial charge in [0.2, 0.25) is 0 Å². The fourth-order valence-corrected chi connectivity index (χ4v) is 2.67. The number of hydrogen-bond donors (Lipinski definition) is 1. The number of imidazole rings is 1. The van der Waals surface area contributed by atoms with E-state index in [1.54, 1.807) is 6.08 Å². The second kappa shape index (κ2) is 7.21. The lowest BCUT2D eigenvalue weighted by molar-refractivity contribution is -0.131. The molecular formula is C20H20N2O3. The Hall–Kier alpha value is -3.08. The van der Waals surface area contributed by atoms with Crippen molar-refractivity contribution < 1.29 is 14.6 Å². The van der Waals surface area contributed by atoms with Crippen LogP contribution in [0.1, 0.15) is 24.6 Å². The lowest BCUT2D eigenvalue weighted by Crippen LogP contribution is -1.94. The summed E-state index contributed by atoms with van der Waals surface area (Å²) < 4.78 is 7.52. The molecule has 0 saturated carbocycles. The zero-order valence-electron chi connectivity index (χ0n) is 14.3. The normalized spacial score (nSPS) is 11.3. The highest BCUT2D eigenvalue weighted by molar-refractivity contribution is 5.87. The minimum Gasteiger partial charge on any atom is -0.494 e. The van der Waals surface area contributed by atoms with Crippen molar-refractivity contribution in [1.82, 2.24) is 9.38 Å². The van der Waals surface area contributed by atoms with E-state index in [-0.39, 0.29) is 0 Å². The van der Waals surface area contributed by atoms with Crippen molar-refractivity contribution in [2.24, 2.45) is 0 Å². The highest BCUT2D eigenvalue weighted by Gasteiger charge is 2.13. The Kier molecular flexibility index (Phi) is 4.84. The van der Waals surface area contributed by atoms with E-state index in [2.05, 4.69) is 6.92 Å². The van der Waals surface area contributed by atoms with Crippen LogP contribution >= 0.6 is 0 Å². The molecule has 0 saturated heterocycles. The Balaban J connectivity index is 2.09. The van der Waals surface area contributed by atoms with E-state index in [4.69, 9.17) is 14.8 Å². The van der Waals surface area contributed by atoms with Crippen molar-refractivity contribution in [2.45, 2.75) is 20.3 Å². The van der Waals surface area contributed by atoms with Gasteiger partial charge in [0.1, 0.15) is 11.4 Å². The van der Waals surface area contributed by atoms with Crippen molar-refractivity contribution >= 4 is 17.7 Å².